The molecule has 0 aromatic carbocycles. The number of allylic oxidation sites excluding steroid dienone is 2. The Labute approximate surface area is 162 Å². The van der Waals surface area contributed by atoms with Gasteiger partial charge in [0.15, 0.2) is 0 Å². The number of aryl methyl sites for hydroxylation is 1. The number of fused-ring (bicyclic) bond motifs is 1. The summed E-state index contributed by atoms with van der Waals surface area (Å²) in [6, 6.07) is 0. The van der Waals surface area contributed by atoms with Crippen LogP contribution in [0.4, 0.5) is 0 Å². The summed E-state index contributed by atoms with van der Waals surface area (Å²) in [4.78, 5) is 47.3. The molecule has 1 aromatic heterocycles. The van der Waals surface area contributed by atoms with Gasteiger partial charge in [0.2, 0.25) is 17.7 Å². The Morgan fingerprint density at radius 2 is 1.74 bits per heavy atom. The van der Waals surface area contributed by atoms with Gasteiger partial charge >= 0.3 is 0 Å². The van der Waals surface area contributed by atoms with E-state index in [0.29, 0.717) is 52.1 Å². The van der Waals surface area contributed by atoms with Crippen molar-refractivity contribution >= 4 is 29.1 Å². The average molecular weight is 388 g/mol. The van der Waals surface area contributed by atoms with Gasteiger partial charge < -0.3 is 4.90 Å². The summed E-state index contributed by atoms with van der Waals surface area (Å²) in [5, 5.41) is 2.81. The monoisotopic (exact) mass is 388 g/mol. The number of aromatic nitrogens is 1. The highest BCUT2D eigenvalue weighted by atomic mass is 32.1. The number of thiazole rings is 1. The third kappa shape index (κ3) is 3.68. The van der Waals surface area contributed by atoms with Crippen molar-refractivity contribution in [3.63, 3.8) is 0 Å². The summed E-state index contributed by atoms with van der Waals surface area (Å²) in [5.74, 6) is -0.326. The predicted octanol–water partition coefficient (Wildman–Crippen LogP) is 1.05. The highest BCUT2D eigenvalue weighted by Crippen LogP contribution is 2.35. The standard InChI is InChI=1S/C19H24N4O3S/c1-13-11-27-16(20-13)10-17(24)22-8-6-21(7-9-22)12-23-18(25)14-4-2-3-5-15(14)19(23)26/h2-3,11,14-15H,4-10,12H2,1H3/t14-,15-/m0/s1. The average Bonchev–Trinajstić information content (AvgIpc) is 3.19. The second-order valence-corrected chi connectivity index (χ2v) is 8.40. The molecule has 4 rings (SSSR count). The molecule has 0 N–H and O–H groups in total. The van der Waals surface area contributed by atoms with Crippen molar-refractivity contribution in [1.29, 1.82) is 0 Å². The molecule has 0 saturated carbocycles. The van der Waals surface area contributed by atoms with E-state index in [-0.39, 0.29) is 29.6 Å². The summed E-state index contributed by atoms with van der Waals surface area (Å²) in [6.07, 6.45) is 5.70. The van der Waals surface area contributed by atoms with Crippen LogP contribution < -0.4 is 0 Å². The van der Waals surface area contributed by atoms with Crippen molar-refractivity contribution in [2.45, 2.75) is 26.2 Å². The summed E-state index contributed by atoms with van der Waals surface area (Å²) in [7, 11) is 0. The van der Waals surface area contributed by atoms with Crippen molar-refractivity contribution in [3.8, 4) is 0 Å². The van der Waals surface area contributed by atoms with Gasteiger partial charge in [0.1, 0.15) is 5.01 Å². The molecule has 27 heavy (non-hydrogen) atoms. The van der Waals surface area contributed by atoms with Gasteiger partial charge in [-0.1, -0.05) is 12.2 Å². The number of amides is 3. The van der Waals surface area contributed by atoms with Gasteiger partial charge in [0, 0.05) is 37.3 Å². The maximum absolute atomic E-state index is 12.6. The molecule has 3 aliphatic rings. The molecule has 1 aromatic rings. The molecule has 2 aliphatic heterocycles. The largest absolute Gasteiger partial charge is 0.340 e. The van der Waals surface area contributed by atoms with E-state index in [1.165, 1.54) is 16.2 Å². The molecule has 0 bridgehead atoms. The second kappa shape index (κ2) is 7.52. The Balaban J connectivity index is 1.29. The third-order valence-corrected chi connectivity index (χ3v) is 6.60. The smallest absolute Gasteiger partial charge is 0.234 e. The zero-order valence-corrected chi connectivity index (χ0v) is 16.3. The zero-order chi connectivity index (χ0) is 19.0. The summed E-state index contributed by atoms with van der Waals surface area (Å²) >= 11 is 1.52. The van der Waals surface area contributed by atoms with E-state index < -0.39 is 0 Å². The molecule has 2 fully saturated rings. The lowest BCUT2D eigenvalue weighted by atomic mass is 9.85. The van der Waals surface area contributed by atoms with Gasteiger partial charge in [-0.25, -0.2) is 4.98 Å². The van der Waals surface area contributed by atoms with E-state index in [2.05, 4.69) is 9.88 Å². The van der Waals surface area contributed by atoms with Crippen LogP contribution in [0.15, 0.2) is 17.5 Å². The predicted molar refractivity (Wildman–Crippen MR) is 101 cm³/mol. The third-order valence-electron chi connectivity index (χ3n) is 5.63. The molecule has 3 heterocycles. The Hall–Kier alpha value is -2.06. The number of imide groups is 1. The minimum atomic E-state index is -0.174. The molecule has 3 amide bonds. The maximum atomic E-state index is 12.6. The van der Waals surface area contributed by atoms with Crippen molar-refractivity contribution < 1.29 is 14.4 Å². The number of piperazine rings is 1. The Morgan fingerprint density at radius 3 is 2.30 bits per heavy atom. The van der Waals surface area contributed by atoms with Crippen molar-refractivity contribution in [1.82, 2.24) is 19.7 Å². The summed E-state index contributed by atoms with van der Waals surface area (Å²) in [5.41, 5.74) is 0.948. The first-order valence-electron chi connectivity index (χ1n) is 9.44. The molecule has 8 heteroatoms. The molecule has 144 valence electrons. The van der Waals surface area contributed by atoms with Crippen LogP contribution in [-0.4, -0.2) is 70.3 Å². The number of carbonyl (C=O) groups is 3. The van der Waals surface area contributed by atoms with E-state index in [1.54, 1.807) is 0 Å². The molecule has 2 saturated heterocycles. The fourth-order valence-electron chi connectivity index (χ4n) is 4.07. The first kappa shape index (κ1) is 18.3. The van der Waals surface area contributed by atoms with Crippen LogP contribution in [0, 0.1) is 18.8 Å². The molecule has 0 radical (unpaired) electrons. The summed E-state index contributed by atoms with van der Waals surface area (Å²) in [6.45, 7) is 4.86. The van der Waals surface area contributed by atoms with Crippen LogP contribution >= 0.6 is 11.3 Å². The van der Waals surface area contributed by atoms with Gasteiger partial charge in [0.25, 0.3) is 0 Å². The molecule has 0 spiro atoms. The molecule has 0 unspecified atom stereocenters. The van der Waals surface area contributed by atoms with E-state index in [4.69, 9.17) is 0 Å². The van der Waals surface area contributed by atoms with Crippen LogP contribution in [0.2, 0.25) is 0 Å². The topological polar surface area (TPSA) is 73.8 Å². The second-order valence-electron chi connectivity index (χ2n) is 7.46. The number of hydrogen-bond donors (Lipinski definition) is 0. The number of likely N-dealkylation sites (tertiary alicyclic amines) is 1. The molecular formula is C19H24N4O3S. The van der Waals surface area contributed by atoms with Gasteiger partial charge in [-0.15, -0.1) is 11.3 Å². The Kier molecular flexibility index (Phi) is 5.10. The van der Waals surface area contributed by atoms with Crippen LogP contribution in [0.1, 0.15) is 23.5 Å². The number of nitrogens with zero attached hydrogens (tertiary/aromatic N) is 4. The zero-order valence-electron chi connectivity index (χ0n) is 15.5. The van der Waals surface area contributed by atoms with E-state index in [0.717, 1.165) is 10.7 Å². The highest BCUT2D eigenvalue weighted by Gasteiger charge is 2.47. The lowest BCUT2D eigenvalue weighted by Crippen LogP contribution is -2.52. The van der Waals surface area contributed by atoms with Crippen LogP contribution in [-0.2, 0) is 20.8 Å². The molecular weight excluding hydrogens is 364 g/mol. The van der Waals surface area contributed by atoms with Crippen molar-refractivity contribution in [3.05, 3.63) is 28.2 Å². The maximum Gasteiger partial charge on any atom is 0.234 e. The van der Waals surface area contributed by atoms with Crippen LogP contribution in [0.25, 0.3) is 0 Å². The fraction of sp³-hybridized carbons (Fsp3) is 0.579. The normalized spacial score (nSPS) is 26.0. The van der Waals surface area contributed by atoms with Crippen LogP contribution in [0.3, 0.4) is 0 Å². The van der Waals surface area contributed by atoms with Crippen molar-refractivity contribution in [2.75, 3.05) is 32.8 Å². The lowest BCUT2D eigenvalue weighted by Gasteiger charge is -2.36. The SMILES string of the molecule is Cc1csc(CC(=O)N2CCN(CN3C(=O)[C@H]4CC=CC[C@@H]4C3=O)CC2)n1. The molecule has 7 nitrogen and oxygen atoms in total. The Bertz CT molecular complexity index is 756. The van der Waals surface area contributed by atoms with Gasteiger partial charge in [-0.2, -0.15) is 0 Å². The first-order valence-corrected chi connectivity index (χ1v) is 10.3. The van der Waals surface area contributed by atoms with Crippen LogP contribution in [0.5, 0.6) is 0 Å². The Morgan fingerprint density at radius 1 is 1.11 bits per heavy atom. The fourth-order valence-corrected chi connectivity index (χ4v) is 4.83. The number of rotatable bonds is 4. The minimum absolute atomic E-state index is 0.0352. The lowest BCUT2D eigenvalue weighted by molar-refractivity contribution is -0.144. The number of carbonyl (C=O) groups excluding carboxylic acids is 3. The van der Waals surface area contributed by atoms with E-state index in [1.807, 2.05) is 29.4 Å². The first-order chi connectivity index (χ1) is 13.0. The van der Waals surface area contributed by atoms with Gasteiger partial charge in [-0.3, -0.25) is 24.2 Å². The van der Waals surface area contributed by atoms with E-state index in [9.17, 15) is 14.4 Å². The minimum Gasteiger partial charge on any atom is -0.340 e. The summed E-state index contributed by atoms with van der Waals surface area (Å²) < 4.78 is 0. The quantitative estimate of drug-likeness (QED) is 0.569. The highest BCUT2D eigenvalue weighted by molar-refractivity contribution is 7.09. The molecule has 1 aliphatic carbocycles. The van der Waals surface area contributed by atoms with Crippen molar-refractivity contribution in [2.24, 2.45) is 11.8 Å². The number of hydrogen-bond acceptors (Lipinski definition) is 6. The van der Waals surface area contributed by atoms with E-state index >= 15 is 0 Å². The van der Waals surface area contributed by atoms with Gasteiger partial charge in [-0.05, 0) is 19.8 Å². The van der Waals surface area contributed by atoms with Gasteiger partial charge in [0.05, 0.1) is 24.9 Å². The molecule has 2 atom stereocenters.